The van der Waals surface area contributed by atoms with Gasteiger partial charge in [0.25, 0.3) is 0 Å². The van der Waals surface area contributed by atoms with Gasteiger partial charge < -0.3 is 9.64 Å². The molecular formula is C16H21NO3S. The molecule has 0 N–H and O–H groups in total. The van der Waals surface area contributed by atoms with E-state index in [0.717, 1.165) is 10.4 Å². The number of fused-ring (bicyclic) bond motifs is 1. The van der Waals surface area contributed by atoms with E-state index in [-0.39, 0.29) is 17.8 Å². The minimum absolute atomic E-state index is 0.113. The average Bonchev–Trinajstić information content (AvgIpc) is 2.76. The van der Waals surface area contributed by atoms with Crippen molar-refractivity contribution in [2.45, 2.75) is 33.3 Å². The zero-order valence-corrected chi connectivity index (χ0v) is 13.7. The van der Waals surface area contributed by atoms with Crippen LogP contribution in [0.3, 0.4) is 0 Å². The molecule has 2 aliphatic rings. The Morgan fingerprint density at radius 2 is 1.90 bits per heavy atom. The Morgan fingerprint density at radius 1 is 1.29 bits per heavy atom. The van der Waals surface area contributed by atoms with E-state index in [2.05, 4.69) is 0 Å². The largest absolute Gasteiger partial charge is 0.444 e. The van der Waals surface area contributed by atoms with Gasteiger partial charge in [-0.15, -0.1) is 11.3 Å². The van der Waals surface area contributed by atoms with E-state index in [1.165, 1.54) is 11.3 Å². The van der Waals surface area contributed by atoms with Crippen LogP contribution in [0.2, 0.25) is 0 Å². The van der Waals surface area contributed by atoms with Gasteiger partial charge >= 0.3 is 6.09 Å². The quantitative estimate of drug-likeness (QED) is 0.787. The number of ether oxygens (including phenoxy) is 1. The van der Waals surface area contributed by atoms with E-state index >= 15 is 0 Å². The maximum absolute atomic E-state index is 12.4. The lowest BCUT2D eigenvalue weighted by Gasteiger charge is -2.25. The van der Waals surface area contributed by atoms with Crippen LogP contribution >= 0.6 is 11.3 Å². The number of rotatable bonds is 2. The number of thiophene rings is 1. The summed E-state index contributed by atoms with van der Waals surface area (Å²) < 4.78 is 5.38. The lowest BCUT2D eigenvalue weighted by Crippen LogP contribution is -2.37. The van der Waals surface area contributed by atoms with Gasteiger partial charge in [0.1, 0.15) is 5.60 Å². The van der Waals surface area contributed by atoms with Gasteiger partial charge in [0, 0.05) is 19.0 Å². The second-order valence-corrected chi connectivity index (χ2v) is 8.00. The monoisotopic (exact) mass is 307 g/mol. The molecule has 3 atom stereocenters. The van der Waals surface area contributed by atoms with Crippen molar-refractivity contribution < 1.29 is 14.3 Å². The van der Waals surface area contributed by atoms with Crippen molar-refractivity contribution in [2.24, 2.45) is 17.8 Å². The molecule has 3 rings (SSSR count). The molecule has 2 heterocycles. The normalized spacial score (nSPS) is 27.4. The highest BCUT2D eigenvalue weighted by Crippen LogP contribution is 2.53. The fourth-order valence-corrected chi connectivity index (χ4v) is 4.00. The number of Topliss-reactive ketones (excluding diaryl/α,β-unsaturated/α-hetero) is 1. The third-order valence-electron chi connectivity index (χ3n) is 4.12. The van der Waals surface area contributed by atoms with Crippen LogP contribution in [-0.4, -0.2) is 35.5 Å². The first-order valence-corrected chi connectivity index (χ1v) is 8.21. The highest BCUT2D eigenvalue weighted by atomic mass is 32.1. The first-order chi connectivity index (χ1) is 9.76. The Kier molecular flexibility index (Phi) is 3.35. The van der Waals surface area contributed by atoms with E-state index in [4.69, 9.17) is 4.74 Å². The molecule has 0 aromatic carbocycles. The standard InChI is InChI=1S/C16H21NO3S/c1-9-5-12(21-8-9)14(18)13-10-6-17(7-11(10)13)15(19)20-16(2,3)4/h5,8,10-11,13H,6-7H2,1-4H3/t10-,11+,13?. The van der Waals surface area contributed by atoms with Gasteiger partial charge in [-0.25, -0.2) is 4.79 Å². The molecule has 4 nitrogen and oxygen atoms in total. The van der Waals surface area contributed by atoms with Crippen LogP contribution in [0, 0.1) is 24.7 Å². The van der Waals surface area contributed by atoms with Crippen molar-refractivity contribution in [3.8, 4) is 0 Å². The second kappa shape index (κ2) is 4.83. The minimum Gasteiger partial charge on any atom is -0.444 e. The molecule has 1 aromatic rings. The summed E-state index contributed by atoms with van der Waals surface area (Å²) in [4.78, 5) is 27.0. The molecule has 0 radical (unpaired) electrons. The van der Waals surface area contributed by atoms with Gasteiger partial charge in [-0.05, 0) is 56.5 Å². The third-order valence-corrected chi connectivity index (χ3v) is 5.18. The first kappa shape index (κ1) is 14.6. The number of carbonyl (C=O) groups is 2. The van der Waals surface area contributed by atoms with Gasteiger partial charge in [-0.2, -0.15) is 0 Å². The highest BCUT2D eigenvalue weighted by molar-refractivity contribution is 7.12. The van der Waals surface area contributed by atoms with E-state index < -0.39 is 5.60 Å². The molecule has 1 saturated carbocycles. The fourth-order valence-electron chi connectivity index (χ4n) is 3.12. The summed E-state index contributed by atoms with van der Waals surface area (Å²) in [6.07, 6.45) is -0.257. The van der Waals surface area contributed by atoms with Crippen LogP contribution in [0.4, 0.5) is 4.79 Å². The van der Waals surface area contributed by atoms with Gasteiger partial charge in [0.05, 0.1) is 4.88 Å². The van der Waals surface area contributed by atoms with Gasteiger partial charge in [-0.1, -0.05) is 0 Å². The number of nitrogens with zero attached hydrogens (tertiary/aromatic N) is 1. The number of carbonyl (C=O) groups excluding carboxylic acids is 2. The lowest BCUT2D eigenvalue weighted by atomic mass is 10.1. The van der Waals surface area contributed by atoms with Crippen LogP contribution in [0.15, 0.2) is 11.4 Å². The maximum Gasteiger partial charge on any atom is 0.410 e. The lowest BCUT2D eigenvalue weighted by molar-refractivity contribution is 0.0264. The summed E-state index contributed by atoms with van der Waals surface area (Å²) in [7, 11) is 0. The number of piperidine rings is 1. The Morgan fingerprint density at radius 3 is 2.38 bits per heavy atom. The fraction of sp³-hybridized carbons (Fsp3) is 0.625. The summed E-state index contributed by atoms with van der Waals surface area (Å²) in [5.41, 5.74) is 0.678. The van der Waals surface area contributed by atoms with Crippen molar-refractivity contribution in [1.82, 2.24) is 4.90 Å². The molecule has 5 heteroatoms. The van der Waals surface area contributed by atoms with Crippen molar-refractivity contribution >= 4 is 23.2 Å². The summed E-state index contributed by atoms with van der Waals surface area (Å²) in [6.45, 7) is 8.92. The van der Waals surface area contributed by atoms with Crippen molar-refractivity contribution in [1.29, 1.82) is 0 Å². The molecule has 1 saturated heterocycles. The van der Waals surface area contributed by atoms with Crippen molar-refractivity contribution in [3.05, 3.63) is 21.9 Å². The Bertz CT molecular complexity index is 575. The number of likely N-dealkylation sites (tertiary alicyclic amines) is 1. The molecule has 114 valence electrons. The highest BCUT2D eigenvalue weighted by Gasteiger charge is 2.60. The van der Waals surface area contributed by atoms with Crippen LogP contribution in [-0.2, 0) is 4.74 Å². The van der Waals surface area contributed by atoms with Crippen LogP contribution in [0.5, 0.6) is 0 Å². The summed E-state index contributed by atoms with van der Waals surface area (Å²) in [6, 6.07) is 1.96. The van der Waals surface area contributed by atoms with E-state index in [0.29, 0.717) is 24.9 Å². The van der Waals surface area contributed by atoms with Gasteiger partial charge in [0.15, 0.2) is 5.78 Å². The molecule has 2 fully saturated rings. The van der Waals surface area contributed by atoms with Crippen LogP contribution in [0.25, 0.3) is 0 Å². The molecule has 0 spiro atoms. The zero-order chi connectivity index (χ0) is 15.4. The van der Waals surface area contributed by atoms with E-state index in [9.17, 15) is 9.59 Å². The maximum atomic E-state index is 12.4. The number of ketones is 1. The number of hydrogen-bond acceptors (Lipinski definition) is 4. The van der Waals surface area contributed by atoms with Crippen molar-refractivity contribution in [3.63, 3.8) is 0 Å². The van der Waals surface area contributed by atoms with Crippen molar-refractivity contribution in [2.75, 3.05) is 13.1 Å². The molecule has 1 amide bonds. The minimum atomic E-state index is -0.465. The molecule has 21 heavy (non-hydrogen) atoms. The summed E-state index contributed by atoms with van der Waals surface area (Å²) >= 11 is 1.52. The average molecular weight is 307 g/mol. The number of amides is 1. The molecule has 1 aromatic heterocycles. The third kappa shape index (κ3) is 2.84. The predicted molar refractivity (Wildman–Crippen MR) is 81.7 cm³/mol. The Hall–Kier alpha value is -1.36. The number of aryl methyl sites for hydroxylation is 1. The first-order valence-electron chi connectivity index (χ1n) is 7.33. The molecule has 1 unspecified atom stereocenters. The van der Waals surface area contributed by atoms with Gasteiger partial charge in [0.2, 0.25) is 0 Å². The summed E-state index contributed by atoms with van der Waals surface area (Å²) in [5, 5.41) is 2.01. The SMILES string of the molecule is Cc1csc(C(=O)C2[C@H]3CN(C(=O)OC(C)(C)C)C[C@@H]23)c1. The molecule has 1 aliphatic heterocycles. The second-order valence-electron chi connectivity index (χ2n) is 7.09. The van der Waals surface area contributed by atoms with Crippen LogP contribution < -0.4 is 0 Å². The topological polar surface area (TPSA) is 46.6 Å². The van der Waals surface area contributed by atoms with Gasteiger partial charge in [-0.3, -0.25) is 4.79 Å². The summed E-state index contributed by atoms with van der Waals surface area (Å²) in [5.74, 6) is 1.02. The smallest absolute Gasteiger partial charge is 0.410 e. The predicted octanol–water partition coefficient (Wildman–Crippen LogP) is 3.35. The number of hydrogen-bond donors (Lipinski definition) is 0. The van der Waals surface area contributed by atoms with Crippen LogP contribution in [0.1, 0.15) is 36.0 Å². The van der Waals surface area contributed by atoms with E-state index in [1.807, 2.05) is 39.1 Å². The molecule has 1 aliphatic carbocycles. The molecule has 0 bridgehead atoms. The Balaban J connectivity index is 1.57. The van der Waals surface area contributed by atoms with E-state index in [1.54, 1.807) is 4.90 Å². The molecular weight excluding hydrogens is 286 g/mol. The Labute approximate surface area is 129 Å². The zero-order valence-electron chi connectivity index (χ0n) is 12.9.